The molecule has 1 aromatic heterocycles. The fourth-order valence-electron chi connectivity index (χ4n) is 11.4. The summed E-state index contributed by atoms with van der Waals surface area (Å²) in [5.41, 5.74) is 15.0. The van der Waals surface area contributed by atoms with E-state index < -0.39 is 0 Å². The number of benzene rings is 4. The number of rotatable bonds is 3. The number of anilines is 6. The van der Waals surface area contributed by atoms with E-state index in [0.717, 1.165) is 36.3 Å². The number of hydrogen-bond donors (Lipinski definition) is 0. The molecule has 5 aromatic rings. The molecule has 0 atom stereocenters. The van der Waals surface area contributed by atoms with Crippen molar-refractivity contribution >= 4 is 57.4 Å². The number of aryl methyl sites for hydroxylation is 1. The minimum Gasteiger partial charge on any atom is -0.473 e. The molecule has 0 amide bonds. The Morgan fingerprint density at radius 3 is 1.91 bits per heavy atom. The first-order chi connectivity index (χ1) is 22.7. The molecule has 3 nitrogen and oxygen atoms in total. The van der Waals surface area contributed by atoms with Crippen LogP contribution in [0.2, 0.25) is 0 Å². The van der Waals surface area contributed by atoms with Crippen LogP contribution in [0.1, 0.15) is 68.3 Å². The minimum absolute atomic E-state index is 0.0761. The smallest absolute Gasteiger partial charge is 0.297 e. The molecular formula is C42H39BN2O. The molecule has 7 aliphatic rings. The van der Waals surface area contributed by atoms with Crippen molar-refractivity contribution < 1.29 is 4.42 Å². The highest BCUT2D eigenvalue weighted by Crippen LogP contribution is 2.62. The maximum Gasteiger partial charge on any atom is 0.297 e. The van der Waals surface area contributed by atoms with E-state index in [-0.39, 0.29) is 12.1 Å². The highest BCUT2D eigenvalue weighted by molar-refractivity contribution is 6.99. The molecule has 3 heterocycles. The number of nitrogens with zero attached hydrogens (tertiary/aromatic N) is 2. The van der Waals surface area contributed by atoms with Crippen molar-refractivity contribution in [2.75, 3.05) is 9.80 Å². The largest absolute Gasteiger partial charge is 0.473 e. The first-order valence-corrected chi connectivity index (χ1v) is 17.9. The molecule has 0 radical (unpaired) electrons. The lowest BCUT2D eigenvalue weighted by molar-refractivity contribution is -0.00514. The van der Waals surface area contributed by atoms with E-state index in [1.54, 1.807) is 5.56 Å². The van der Waals surface area contributed by atoms with Gasteiger partial charge in [0.05, 0.1) is 11.3 Å². The molecular weight excluding hydrogens is 559 g/mol. The van der Waals surface area contributed by atoms with Gasteiger partial charge in [-0.15, -0.1) is 0 Å². The van der Waals surface area contributed by atoms with Gasteiger partial charge >= 0.3 is 0 Å². The Morgan fingerprint density at radius 2 is 1.22 bits per heavy atom. The van der Waals surface area contributed by atoms with Crippen LogP contribution in [0.25, 0.3) is 0 Å². The molecule has 0 spiro atoms. The molecule has 5 aliphatic carbocycles. The second-order valence-corrected chi connectivity index (χ2v) is 15.4. The predicted molar refractivity (Wildman–Crippen MR) is 189 cm³/mol. The summed E-state index contributed by atoms with van der Waals surface area (Å²) in [5, 5.41) is 0. The molecule has 2 aliphatic heterocycles. The van der Waals surface area contributed by atoms with Crippen LogP contribution >= 0.6 is 0 Å². The van der Waals surface area contributed by atoms with Crippen LogP contribution < -0.4 is 26.4 Å². The van der Waals surface area contributed by atoms with Crippen molar-refractivity contribution in [2.24, 2.45) is 17.8 Å². The Labute approximate surface area is 272 Å². The summed E-state index contributed by atoms with van der Waals surface area (Å²) in [4.78, 5) is 5.20. The Kier molecular flexibility index (Phi) is 5.33. The lowest BCUT2D eigenvalue weighted by atomic mass is 9.35. The van der Waals surface area contributed by atoms with Crippen LogP contribution in [0.4, 0.5) is 34.1 Å². The zero-order valence-electron chi connectivity index (χ0n) is 26.4. The fraction of sp³-hybridized carbons (Fsp3) is 0.333. The van der Waals surface area contributed by atoms with E-state index in [4.69, 9.17) is 4.42 Å². The summed E-state index contributed by atoms with van der Waals surface area (Å²) < 4.78 is 7.10. The van der Waals surface area contributed by atoms with Gasteiger partial charge in [-0.05, 0) is 140 Å². The third kappa shape index (κ3) is 3.51. The highest BCUT2D eigenvalue weighted by atomic mass is 16.3. The number of hydrogen-bond acceptors (Lipinski definition) is 3. The predicted octanol–water partition coefficient (Wildman–Crippen LogP) is 8.71. The van der Waals surface area contributed by atoms with Crippen molar-refractivity contribution in [3.05, 3.63) is 114 Å². The first-order valence-electron chi connectivity index (χ1n) is 17.9. The second kappa shape index (κ2) is 9.44. The van der Waals surface area contributed by atoms with Gasteiger partial charge in [0.25, 0.3) is 6.71 Å². The van der Waals surface area contributed by atoms with Crippen molar-refractivity contribution in [2.45, 2.75) is 69.6 Å². The Bertz CT molecular complexity index is 1980. The zero-order chi connectivity index (χ0) is 30.0. The second-order valence-electron chi connectivity index (χ2n) is 15.4. The van der Waals surface area contributed by atoms with Gasteiger partial charge in [0, 0.05) is 40.4 Å². The van der Waals surface area contributed by atoms with Crippen molar-refractivity contribution in [1.82, 2.24) is 0 Å². The van der Waals surface area contributed by atoms with Crippen LogP contribution in [0.3, 0.4) is 0 Å². The molecule has 46 heavy (non-hydrogen) atoms. The molecule has 226 valence electrons. The number of fused-ring (bicyclic) bond motifs is 6. The first kappa shape index (κ1) is 26.0. The van der Waals surface area contributed by atoms with Crippen molar-refractivity contribution in [1.29, 1.82) is 0 Å². The summed E-state index contributed by atoms with van der Waals surface area (Å²) in [6, 6.07) is 36.7. The molecule has 4 heteroatoms. The van der Waals surface area contributed by atoms with Gasteiger partial charge in [0.2, 0.25) is 0 Å². The van der Waals surface area contributed by atoms with E-state index in [0.29, 0.717) is 0 Å². The summed E-state index contributed by atoms with van der Waals surface area (Å²) in [7, 11) is 0. The summed E-state index contributed by atoms with van der Waals surface area (Å²) >= 11 is 0. The van der Waals surface area contributed by atoms with Gasteiger partial charge in [-0.25, -0.2) is 0 Å². The highest BCUT2D eigenvalue weighted by Gasteiger charge is 2.53. The quantitative estimate of drug-likeness (QED) is 0.190. The number of furan rings is 1. The average molecular weight is 599 g/mol. The van der Waals surface area contributed by atoms with Crippen LogP contribution in [0, 0.1) is 17.8 Å². The van der Waals surface area contributed by atoms with E-state index in [9.17, 15) is 0 Å². The normalized spacial score (nSPS) is 26.4. The third-order valence-corrected chi connectivity index (χ3v) is 12.7. The molecule has 4 bridgehead atoms. The van der Waals surface area contributed by atoms with E-state index in [1.165, 1.54) is 108 Å². The minimum atomic E-state index is 0.0761. The molecule has 0 N–H and O–H groups in total. The van der Waals surface area contributed by atoms with Crippen molar-refractivity contribution in [3.63, 3.8) is 0 Å². The Hall–Kier alpha value is -4.18. The molecule has 4 saturated carbocycles. The van der Waals surface area contributed by atoms with Gasteiger partial charge in [-0.3, -0.25) is 0 Å². The Morgan fingerprint density at radius 1 is 0.630 bits per heavy atom. The monoisotopic (exact) mass is 598 g/mol. The lowest BCUT2D eigenvalue weighted by Crippen LogP contribution is -2.61. The van der Waals surface area contributed by atoms with E-state index in [1.807, 2.05) is 0 Å². The fourth-order valence-corrected chi connectivity index (χ4v) is 11.4. The SMILES string of the molecule is c1ccc(N2c3ccccc3B3c4oc5c(c4N(c4ccccc4)c4cc(C67CC8CC(CC(C8)C6)C7)cc2c43)CCCC5)cc1. The lowest BCUT2D eigenvalue weighted by Gasteiger charge is -2.57. The van der Waals surface area contributed by atoms with Crippen LogP contribution in [0.5, 0.6) is 0 Å². The summed E-state index contributed by atoms with van der Waals surface area (Å²) in [6.45, 7) is 0.0761. The van der Waals surface area contributed by atoms with E-state index in [2.05, 4.69) is 107 Å². The Balaban J connectivity index is 1.25. The number of para-hydroxylation sites is 3. The molecule has 12 rings (SSSR count). The molecule has 4 aromatic carbocycles. The molecule has 4 fully saturated rings. The van der Waals surface area contributed by atoms with Gasteiger partial charge in [-0.2, -0.15) is 0 Å². The van der Waals surface area contributed by atoms with Crippen LogP contribution in [-0.2, 0) is 18.3 Å². The maximum atomic E-state index is 7.10. The van der Waals surface area contributed by atoms with Gasteiger partial charge in [0.1, 0.15) is 5.76 Å². The summed E-state index contributed by atoms with van der Waals surface area (Å²) in [6.07, 6.45) is 13.0. The van der Waals surface area contributed by atoms with Crippen LogP contribution in [0.15, 0.2) is 101 Å². The zero-order valence-corrected chi connectivity index (χ0v) is 26.4. The standard InChI is InChI=1S/C42H39BN2O/c1-3-11-31(12-4-1)44-35-17-9-8-16-34(35)43-39-36(44)22-30(42-24-27-19-28(25-42)21-29(20-27)26-42)23-37(39)45(32-13-5-2-6-14-32)40-33-15-7-10-18-38(33)46-41(40)43/h1-6,8-9,11-14,16-17,22-23,27-29H,7,10,15,18-21,24-26H2. The molecule has 0 unspecified atom stereocenters. The summed E-state index contributed by atoms with van der Waals surface area (Å²) in [5.74, 6) is 3.91. The van der Waals surface area contributed by atoms with Gasteiger partial charge in [-0.1, -0.05) is 54.6 Å². The average Bonchev–Trinajstić information content (AvgIpc) is 3.47. The van der Waals surface area contributed by atoms with Crippen molar-refractivity contribution in [3.8, 4) is 0 Å². The maximum absolute atomic E-state index is 7.10. The van der Waals surface area contributed by atoms with Gasteiger partial charge in [0.15, 0.2) is 0 Å². The third-order valence-electron chi connectivity index (χ3n) is 12.7. The molecule has 0 saturated heterocycles. The van der Waals surface area contributed by atoms with Gasteiger partial charge < -0.3 is 14.2 Å². The topological polar surface area (TPSA) is 19.6 Å². The van der Waals surface area contributed by atoms with Crippen LogP contribution in [-0.4, -0.2) is 6.71 Å². The van der Waals surface area contributed by atoms with E-state index >= 15 is 0 Å².